The molecule has 1 aliphatic rings. The molecule has 1 amide bonds. The molecule has 0 spiro atoms. The summed E-state index contributed by atoms with van der Waals surface area (Å²) in [6.07, 6.45) is 0. The average molecular weight is 413 g/mol. The van der Waals surface area contributed by atoms with Crippen LogP contribution >= 0.6 is 0 Å². The first-order valence-electron chi connectivity index (χ1n) is 10.1. The molecular weight excluding hydrogens is 385 g/mol. The Kier molecular flexibility index (Phi) is 7.05. The largest absolute Gasteiger partial charge is 0.465 e. The van der Waals surface area contributed by atoms with E-state index < -0.39 is 0 Å². The molecule has 6 nitrogen and oxygen atoms in total. The minimum atomic E-state index is -0.348. The van der Waals surface area contributed by atoms with E-state index >= 15 is 0 Å². The van der Waals surface area contributed by atoms with Crippen molar-refractivity contribution in [3.63, 3.8) is 0 Å². The van der Waals surface area contributed by atoms with Crippen LogP contribution in [0.1, 0.15) is 28.4 Å². The molecule has 1 heterocycles. The highest BCUT2D eigenvalue weighted by molar-refractivity contribution is 5.89. The Bertz CT molecular complexity index is 901. The number of amides is 1. The van der Waals surface area contributed by atoms with Crippen LogP contribution in [0.25, 0.3) is 0 Å². The van der Waals surface area contributed by atoms with E-state index in [4.69, 9.17) is 4.74 Å². The minimum absolute atomic E-state index is 0.0706. The van der Waals surface area contributed by atoms with Crippen LogP contribution in [-0.2, 0) is 16.1 Å². The number of piperazine rings is 1. The van der Waals surface area contributed by atoms with Gasteiger partial charge in [0.2, 0.25) is 5.91 Å². The molecule has 0 aliphatic carbocycles. The summed E-state index contributed by atoms with van der Waals surface area (Å²) in [6, 6.07) is 12.6. The van der Waals surface area contributed by atoms with Crippen LogP contribution in [0.15, 0.2) is 42.5 Å². The lowest BCUT2D eigenvalue weighted by Crippen LogP contribution is -2.54. The maximum absolute atomic E-state index is 13.6. The summed E-state index contributed by atoms with van der Waals surface area (Å²) in [4.78, 5) is 28.3. The summed E-state index contributed by atoms with van der Waals surface area (Å²) < 4.78 is 18.4. The second kappa shape index (κ2) is 9.71. The number of hydrogen-bond donors (Lipinski definition) is 1. The van der Waals surface area contributed by atoms with E-state index in [-0.39, 0.29) is 23.7 Å². The van der Waals surface area contributed by atoms with Gasteiger partial charge in [0, 0.05) is 37.9 Å². The van der Waals surface area contributed by atoms with Gasteiger partial charge in [0.1, 0.15) is 5.82 Å². The fourth-order valence-corrected chi connectivity index (χ4v) is 3.58. The lowest BCUT2D eigenvalue weighted by Gasteiger charge is -2.40. The number of rotatable bonds is 6. The monoisotopic (exact) mass is 413 g/mol. The summed E-state index contributed by atoms with van der Waals surface area (Å²) in [7, 11) is 1.37. The van der Waals surface area contributed by atoms with Gasteiger partial charge in [-0.15, -0.1) is 0 Å². The second-order valence-corrected chi connectivity index (χ2v) is 7.66. The third-order valence-corrected chi connectivity index (χ3v) is 5.49. The predicted molar refractivity (Wildman–Crippen MR) is 114 cm³/mol. The molecule has 1 fully saturated rings. The van der Waals surface area contributed by atoms with Crippen molar-refractivity contribution in [1.29, 1.82) is 0 Å². The molecule has 3 rings (SSSR count). The van der Waals surface area contributed by atoms with Gasteiger partial charge in [-0.25, -0.2) is 9.18 Å². The first-order chi connectivity index (χ1) is 14.4. The Hall–Kier alpha value is -2.93. The van der Waals surface area contributed by atoms with Crippen molar-refractivity contribution in [2.45, 2.75) is 26.4 Å². The molecule has 160 valence electrons. The standard InChI is InChI=1S/C23H28FN3O3/c1-16-4-5-18(12-21(16)24)13-25-22(28)15-26-10-11-27(14-17(26)2)20-8-6-19(7-9-20)23(29)30-3/h4-9,12,17H,10-11,13-15H2,1-3H3,(H,25,28). The third kappa shape index (κ3) is 5.36. The van der Waals surface area contributed by atoms with E-state index in [1.54, 1.807) is 25.1 Å². The molecule has 30 heavy (non-hydrogen) atoms. The Labute approximate surface area is 176 Å². The summed E-state index contributed by atoms with van der Waals surface area (Å²) in [6.45, 7) is 6.77. The van der Waals surface area contributed by atoms with Crippen LogP contribution in [0.2, 0.25) is 0 Å². The zero-order chi connectivity index (χ0) is 21.7. The average Bonchev–Trinajstić information content (AvgIpc) is 2.75. The van der Waals surface area contributed by atoms with Gasteiger partial charge >= 0.3 is 5.97 Å². The lowest BCUT2D eigenvalue weighted by atomic mass is 10.1. The van der Waals surface area contributed by atoms with Crippen LogP contribution < -0.4 is 10.2 Å². The van der Waals surface area contributed by atoms with Crippen LogP contribution in [0.5, 0.6) is 0 Å². The van der Waals surface area contributed by atoms with E-state index in [0.29, 0.717) is 24.2 Å². The van der Waals surface area contributed by atoms with Crippen LogP contribution in [0.4, 0.5) is 10.1 Å². The number of carbonyl (C=O) groups excluding carboxylic acids is 2. The van der Waals surface area contributed by atoms with Crippen LogP contribution in [-0.4, -0.2) is 56.1 Å². The number of methoxy groups -OCH3 is 1. The molecule has 1 unspecified atom stereocenters. The number of halogens is 1. The van der Waals surface area contributed by atoms with Crippen molar-refractivity contribution < 1.29 is 18.7 Å². The molecule has 0 aromatic heterocycles. The Morgan fingerprint density at radius 3 is 2.53 bits per heavy atom. The Balaban J connectivity index is 1.49. The highest BCUT2D eigenvalue weighted by Gasteiger charge is 2.25. The van der Waals surface area contributed by atoms with Crippen molar-refractivity contribution in [3.05, 3.63) is 65.0 Å². The maximum Gasteiger partial charge on any atom is 0.337 e. The Morgan fingerprint density at radius 1 is 1.17 bits per heavy atom. The number of nitrogens with zero attached hydrogens (tertiary/aromatic N) is 2. The minimum Gasteiger partial charge on any atom is -0.465 e. The molecule has 2 aromatic rings. The molecule has 1 N–H and O–H groups in total. The van der Waals surface area contributed by atoms with E-state index in [0.717, 1.165) is 30.9 Å². The highest BCUT2D eigenvalue weighted by atomic mass is 19.1. The highest BCUT2D eigenvalue weighted by Crippen LogP contribution is 2.20. The number of carbonyl (C=O) groups is 2. The molecule has 0 saturated carbocycles. The summed E-state index contributed by atoms with van der Waals surface area (Å²) in [5.74, 6) is -0.677. The topological polar surface area (TPSA) is 61.9 Å². The van der Waals surface area contributed by atoms with Crippen LogP contribution in [0, 0.1) is 12.7 Å². The fraction of sp³-hybridized carbons (Fsp3) is 0.391. The van der Waals surface area contributed by atoms with E-state index in [1.807, 2.05) is 18.2 Å². The smallest absolute Gasteiger partial charge is 0.337 e. The Morgan fingerprint density at radius 2 is 1.90 bits per heavy atom. The normalized spacial score (nSPS) is 16.9. The zero-order valence-electron chi connectivity index (χ0n) is 17.7. The number of anilines is 1. The number of benzene rings is 2. The molecule has 1 atom stereocenters. The number of esters is 1. The van der Waals surface area contributed by atoms with Gasteiger partial charge in [-0.05, 0) is 55.3 Å². The SMILES string of the molecule is COC(=O)c1ccc(N2CCN(CC(=O)NCc3ccc(C)c(F)c3)C(C)C2)cc1. The number of aryl methyl sites for hydroxylation is 1. The number of hydrogen-bond acceptors (Lipinski definition) is 5. The second-order valence-electron chi connectivity index (χ2n) is 7.66. The molecule has 1 saturated heterocycles. The molecule has 7 heteroatoms. The van der Waals surface area contributed by atoms with Crippen molar-refractivity contribution in [2.24, 2.45) is 0 Å². The maximum atomic E-state index is 13.6. The quantitative estimate of drug-likeness (QED) is 0.738. The van der Waals surface area contributed by atoms with Crippen molar-refractivity contribution in [2.75, 3.05) is 38.2 Å². The molecular formula is C23H28FN3O3. The van der Waals surface area contributed by atoms with Gasteiger partial charge in [0.05, 0.1) is 19.2 Å². The molecule has 0 radical (unpaired) electrons. The molecule has 2 aromatic carbocycles. The zero-order valence-corrected chi connectivity index (χ0v) is 17.7. The van der Waals surface area contributed by atoms with Crippen molar-refractivity contribution in [3.8, 4) is 0 Å². The van der Waals surface area contributed by atoms with E-state index in [1.165, 1.54) is 13.2 Å². The number of ether oxygens (including phenoxy) is 1. The summed E-state index contributed by atoms with van der Waals surface area (Å²) in [5.41, 5.74) is 2.91. The first kappa shape index (κ1) is 21.8. The van der Waals surface area contributed by atoms with Gasteiger partial charge in [0.15, 0.2) is 0 Å². The lowest BCUT2D eigenvalue weighted by molar-refractivity contribution is -0.123. The van der Waals surface area contributed by atoms with Crippen LogP contribution in [0.3, 0.4) is 0 Å². The van der Waals surface area contributed by atoms with Gasteiger partial charge < -0.3 is 15.0 Å². The third-order valence-electron chi connectivity index (χ3n) is 5.49. The van der Waals surface area contributed by atoms with Gasteiger partial charge in [0.25, 0.3) is 0 Å². The van der Waals surface area contributed by atoms with Gasteiger partial charge in [-0.3, -0.25) is 9.69 Å². The number of nitrogens with one attached hydrogen (secondary N) is 1. The van der Waals surface area contributed by atoms with Gasteiger partial charge in [-0.2, -0.15) is 0 Å². The van der Waals surface area contributed by atoms with E-state index in [9.17, 15) is 14.0 Å². The molecule has 0 bridgehead atoms. The fourth-order valence-electron chi connectivity index (χ4n) is 3.58. The first-order valence-corrected chi connectivity index (χ1v) is 10.1. The van der Waals surface area contributed by atoms with E-state index in [2.05, 4.69) is 22.0 Å². The van der Waals surface area contributed by atoms with Gasteiger partial charge in [-0.1, -0.05) is 12.1 Å². The predicted octanol–water partition coefficient (Wildman–Crippen LogP) is 2.75. The molecule has 1 aliphatic heterocycles. The summed E-state index contributed by atoms with van der Waals surface area (Å²) in [5, 5.41) is 2.87. The van der Waals surface area contributed by atoms with Crippen molar-refractivity contribution in [1.82, 2.24) is 10.2 Å². The summed E-state index contributed by atoms with van der Waals surface area (Å²) >= 11 is 0. The van der Waals surface area contributed by atoms with Crippen molar-refractivity contribution >= 4 is 17.6 Å².